The number of hydrogen-bond donors (Lipinski definition) is 3. The number of ketones is 1. The van der Waals surface area contributed by atoms with Crippen molar-refractivity contribution in [3.63, 3.8) is 0 Å². The zero-order valence-corrected chi connectivity index (χ0v) is 44.3. The number of Topliss-reactive ketones (excluding diaryl/α,β-unsaturated/α-hetero) is 1. The van der Waals surface area contributed by atoms with E-state index in [1.165, 1.54) is 6.92 Å². The van der Waals surface area contributed by atoms with Gasteiger partial charge < -0.3 is 43.7 Å². The monoisotopic (exact) mass is 945 g/mol. The normalized spacial score (nSPS) is 49.9. The lowest BCUT2D eigenvalue weighted by Gasteiger charge is -2.25. The van der Waals surface area contributed by atoms with E-state index in [1.807, 2.05) is 96.9 Å². The van der Waals surface area contributed by atoms with E-state index < -0.39 is 46.6 Å². The number of aliphatic hydroxyl groups is 3. The summed E-state index contributed by atoms with van der Waals surface area (Å²) in [7, 11) is 0. The maximum absolute atomic E-state index is 13.7. The number of carbonyl (C=O) groups excluding carboxylic acids is 1. The van der Waals surface area contributed by atoms with Crippen molar-refractivity contribution >= 4 is 5.78 Å². The van der Waals surface area contributed by atoms with E-state index in [0.717, 1.165) is 32.1 Å². The van der Waals surface area contributed by atoms with E-state index in [-0.39, 0.29) is 103 Å². The molecule has 6 aliphatic heterocycles. The van der Waals surface area contributed by atoms with Crippen LogP contribution in [0, 0.1) is 29.6 Å². The largest absolute Gasteiger partial charge is 0.394 e. The smallest absolute Gasteiger partial charge is 0.166 e. The van der Waals surface area contributed by atoms with Gasteiger partial charge >= 0.3 is 0 Å². The van der Waals surface area contributed by atoms with Crippen LogP contribution in [0.2, 0.25) is 0 Å². The number of halogens is 4. The molecule has 3 N–H and O–H groups in total. The molecule has 6 rings (SSSR count). The third-order valence-corrected chi connectivity index (χ3v) is 16.6. The van der Waals surface area contributed by atoms with Gasteiger partial charge in [-0.15, -0.1) is 0 Å². The van der Waals surface area contributed by atoms with Gasteiger partial charge in [0.2, 0.25) is 0 Å². The van der Waals surface area contributed by atoms with Crippen LogP contribution >= 0.6 is 0 Å². The van der Waals surface area contributed by atoms with Gasteiger partial charge in [-0.3, -0.25) is 4.79 Å². The van der Waals surface area contributed by atoms with Crippen molar-refractivity contribution < 1.29 is 66.1 Å². The van der Waals surface area contributed by atoms with Crippen LogP contribution < -0.4 is 0 Å². The minimum Gasteiger partial charge on any atom is -0.394 e. The molecule has 6 aliphatic rings. The molecular weight excluding hydrogens is 849 g/mol. The first-order valence-corrected chi connectivity index (χ1v) is 24.9. The van der Waals surface area contributed by atoms with Gasteiger partial charge in [-0.05, 0) is 108 Å². The molecule has 10 nitrogen and oxygen atoms in total. The lowest BCUT2D eigenvalue weighted by atomic mass is 9.85. The highest BCUT2D eigenvalue weighted by Crippen LogP contribution is 2.42. The maximum atomic E-state index is 13.7. The molecule has 0 aromatic rings. The number of aliphatic hydroxyl groups excluding tert-OH is 2. The summed E-state index contributed by atoms with van der Waals surface area (Å²) in [5.41, 5.74) is -5.80. The Morgan fingerprint density at radius 1 is 0.446 bits per heavy atom. The van der Waals surface area contributed by atoms with Gasteiger partial charge in [0, 0.05) is 29.6 Å². The zero-order chi connectivity index (χ0) is 51.0. The number of alkyl halides is 4. The van der Waals surface area contributed by atoms with E-state index in [4.69, 9.17) is 33.5 Å². The van der Waals surface area contributed by atoms with Gasteiger partial charge in [0.15, 0.2) is 11.5 Å². The molecule has 0 bridgehead atoms. The average Bonchev–Trinajstić information content (AvgIpc) is 3.91. The molecule has 6 fully saturated rings. The molecular formula is C51H96F4O10. The predicted octanol–water partition coefficient (Wildman–Crippen LogP) is 10.5. The molecule has 0 radical (unpaired) electrons. The van der Waals surface area contributed by atoms with Gasteiger partial charge in [-0.25, -0.2) is 17.6 Å². The topological polar surface area (TPSA) is 133 Å². The van der Waals surface area contributed by atoms with Crippen LogP contribution in [0.25, 0.3) is 0 Å². The van der Waals surface area contributed by atoms with Gasteiger partial charge in [-0.2, -0.15) is 0 Å². The Morgan fingerprint density at radius 3 is 0.846 bits per heavy atom. The SMILES string of the molecule is CC[C@H]1OC(C)C(=O)C1C.CC[C@H]1OC(C)[C@@](C)(O)C1C.CC[C@H]1OC(C)[C@](C)(F)C1C.CC[C@H]1OC(C)[C@](C)(F)C1C.CC[C@H]1O[C@@H](C)[C@](C)(F)C1C.C[C@@H]1O[C@H](CO)C(O)[C@@]1(C)F. The fourth-order valence-electron chi connectivity index (χ4n) is 9.47. The van der Waals surface area contributed by atoms with E-state index >= 15 is 0 Å². The van der Waals surface area contributed by atoms with Crippen LogP contribution in [0.4, 0.5) is 17.6 Å². The fourth-order valence-corrected chi connectivity index (χ4v) is 9.47. The summed E-state index contributed by atoms with van der Waals surface area (Å²) in [5.74, 6) is 0.710. The highest BCUT2D eigenvalue weighted by atomic mass is 19.2. The Hall–Kier alpha value is -0.970. The summed E-state index contributed by atoms with van der Waals surface area (Å²) in [6, 6.07) is 0. The lowest BCUT2D eigenvalue weighted by Crippen LogP contribution is -2.40. The first-order chi connectivity index (χ1) is 29.7. The summed E-state index contributed by atoms with van der Waals surface area (Å²) in [6.45, 7) is 38.5. The van der Waals surface area contributed by atoms with Crippen LogP contribution in [0.3, 0.4) is 0 Å². The second-order valence-corrected chi connectivity index (χ2v) is 20.7. The van der Waals surface area contributed by atoms with Crippen LogP contribution in [0.15, 0.2) is 0 Å². The third-order valence-electron chi connectivity index (χ3n) is 16.6. The summed E-state index contributed by atoms with van der Waals surface area (Å²) < 4.78 is 86.8. The summed E-state index contributed by atoms with van der Waals surface area (Å²) >= 11 is 0. The number of hydrogen-bond acceptors (Lipinski definition) is 10. The van der Waals surface area contributed by atoms with Crippen molar-refractivity contribution in [1.82, 2.24) is 0 Å². The van der Waals surface area contributed by atoms with Gasteiger partial charge in [0.1, 0.15) is 35.3 Å². The highest BCUT2D eigenvalue weighted by Gasteiger charge is 2.53. The first kappa shape index (κ1) is 62.0. The first-order valence-electron chi connectivity index (χ1n) is 24.9. The second-order valence-electron chi connectivity index (χ2n) is 20.7. The lowest BCUT2D eigenvalue weighted by molar-refractivity contribution is -0.123. The number of carbonyl (C=O) groups is 1. The Bertz CT molecular complexity index is 1200. The molecule has 6 heterocycles. The summed E-state index contributed by atoms with van der Waals surface area (Å²) in [6.07, 6.45) is 1.80. The molecule has 10 unspecified atom stereocenters. The molecule has 388 valence electrons. The molecule has 14 heteroatoms. The molecule has 0 aliphatic carbocycles. The third kappa shape index (κ3) is 14.5. The van der Waals surface area contributed by atoms with Crippen molar-refractivity contribution in [1.29, 1.82) is 0 Å². The van der Waals surface area contributed by atoms with E-state index in [9.17, 15) is 32.6 Å². The van der Waals surface area contributed by atoms with E-state index in [0.29, 0.717) is 0 Å². The maximum Gasteiger partial charge on any atom is 0.166 e. The molecule has 0 saturated carbocycles. The fraction of sp³-hybridized carbons (Fsp3) is 0.980. The summed E-state index contributed by atoms with van der Waals surface area (Å²) in [4.78, 5) is 11.1. The van der Waals surface area contributed by atoms with E-state index in [2.05, 4.69) is 13.8 Å². The quantitative estimate of drug-likeness (QED) is 0.221. The standard InChI is InChI=1S/3C9H17FO.C9H18O2.C8H14O2.C7H13FO3/c4*1-5-8-6(2)9(4,10)7(3)11-8;1-4-7-5(2)8(9)6(3)10-7;1-4-7(2,8)6(10)5(3-9)11-4/h3*6-8H,5H2,1-4H3;6-8,10H,5H2,1-4H3;5-7H,4H2,1-3H3;4-6,9-10H,3H2,1-2H3/t2*6?,7?,8-,9-;6?,7-,8+,9+;6?,7?,8-,9+;5?,6?,7-;4-,5+,6?,7-/m110110/s1. The Balaban J connectivity index is 0.000000390. The number of ether oxygens (including phenoxy) is 6. The predicted molar refractivity (Wildman–Crippen MR) is 250 cm³/mol. The second kappa shape index (κ2) is 25.2. The molecule has 0 amide bonds. The van der Waals surface area contributed by atoms with Gasteiger partial charge in [-0.1, -0.05) is 69.2 Å². The average molecular weight is 945 g/mol. The zero-order valence-electron chi connectivity index (χ0n) is 44.3. The molecule has 0 aromatic heterocycles. The number of rotatable bonds is 6. The molecule has 65 heavy (non-hydrogen) atoms. The minimum absolute atomic E-state index is 0.0255. The van der Waals surface area contributed by atoms with Gasteiger partial charge in [0.25, 0.3) is 0 Å². The van der Waals surface area contributed by atoms with Crippen molar-refractivity contribution in [2.24, 2.45) is 29.6 Å². The van der Waals surface area contributed by atoms with Crippen molar-refractivity contribution in [3.05, 3.63) is 0 Å². The van der Waals surface area contributed by atoms with Crippen LogP contribution in [-0.4, -0.2) is 135 Å². The molecule has 23 atom stereocenters. The Labute approximate surface area is 392 Å². The summed E-state index contributed by atoms with van der Waals surface area (Å²) in [5, 5.41) is 27.8. The minimum atomic E-state index is -1.74. The molecule has 6 saturated heterocycles. The van der Waals surface area contributed by atoms with E-state index in [1.54, 1.807) is 27.7 Å². The van der Waals surface area contributed by atoms with Crippen molar-refractivity contribution in [2.45, 2.75) is 285 Å². The Morgan fingerprint density at radius 2 is 0.723 bits per heavy atom. The van der Waals surface area contributed by atoms with Crippen LogP contribution in [0.5, 0.6) is 0 Å². The molecule has 0 aromatic carbocycles. The van der Waals surface area contributed by atoms with Crippen LogP contribution in [-0.2, 0) is 33.2 Å². The molecule has 0 spiro atoms. The van der Waals surface area contributed by atoms with Crippen molar-refractivity contribution in [3.8, 4) is 0 Å². The highest BCUT2D eigenvalue weighted by molar-refractivity contribution is 5.87. The Kier molecular flexibility index (Phi) is 24.1. The van der Waals surface area contributed by atoms with Crippen molar-refractivity contribution in [2.75, 3.05) is 6.61 Å². The van der Waals surface area contributed by atoms with Gasteiger partial charge in [0.05, 0.1) is 73.2 Å². The van der Waals surface area contributed by atoms with Crippen LogP contribution in [0.1, 0.15) is 178 Å².